The van der Waals surface area contributed by atoms with E-state index in [0.717, 1.165) is 38.5 Å². The van der Waals surface area contributed by atoms with Gasteiger partial charge >= 0.3 is 5.97 Å². The van der Waals surface area contributed by atoms with Crippen LogP contribution < -0.4 is 0 Å². The highest BCUT2D eigenvalue weighted by molar-refractivity contribution is 5.68. The van der Waals surface area contributed by atoms with Crippen LogP contribution >= 0.6 is 0 Å². The largest absolute Gasteiger partial charge is 0.469 e. The van der Waals surface area contributed by atoms with Gasteiger partial charge in [0.05, 0.1) is 7.11 Å². The van der Waals surface area contributed by atoms with Gasteiger partial charge in [0.25, 0.3) is 0 Å². The number of carbonyl (C=O) groups is 1. The fourth-order valence-electron chi connectivity index (χ4n) is 2.34. The molecule has 0 aromatic rings. The third-order valence-corrected chi connectivity index (χ3v) is 3.83. The lowest BCUT2D eigenvalue weighted by molar-refractivity contribution is -0.140. The number of carbonyl (C=O) groups excluding carboxylic acids is 1. The van der Waals surface area contributed by atoms with Crippen molar-refractivity contribution in [2.45, 2.75) is 96.2 Å². The summed E-state index contributed by atoms with van der Waals surface area (Å²) in [6.07, 6.45) is 9.94. The highest BCUT2D eigenvalue weighted by atomic mass is 16.5. The number of methoxy groups -OCH3 is 1. The SMILES string of the molecule is CCCCCCCC(O)C#CC(O)CCCCCCC(=O)OC. The molecule has 4 nitrogen and oxygen atoms in total. The normalized spacial score (nSPS) is 13.0. The summed E-state index contributed by atoms with van der Waals surface area (Å²) < 4.78 is 4.58. The summed E-state index contributed by atoms with van der Waals surface area (Å²) in [5, 5.41) is 19.5. The van der Waals surface area contributed by atoms with Crippen molar-refractivity contribution in [2.75, 3.05) is 7.11 Å². The van der Waals surface area contributed by atoms with E-state index in [1.165, 1.54) is 26.4 Å². The van der Waals surface area contributed by atoms with E-state index in [1.54, 1.807) is 0 Å². The van der Waals surface area contributed by atoms with E-state index >= 15 is 0 Å². The molecule has 23 heavy (non-hydrogen) atoms. The van der Waals surface area contributed by atoms with Gasteiger partial charge in [-0.05, 0) is 32.1 Å². The predicted molar refractivity (Wildman–Crippen MR) is 92.9 cm³/mol. The highest BCUT2D eigenvalue weighted by Crippen LogP contribution is 2.09. The zero-order chi connectivity index (χ0) is 17.3. The van der Waals surface area contributed by atoms with Crippen molar-refractivity contribution < 1.29 is 19.7 Å². The van der Waals surface area contributed by atoms with Gasteiger partial charge in [-0.2, -0.15) is 0 Å². The topological polar surface area (TPSA) is 66.8 Å². The van der Waals surface area contributed by atoms with Crippen LogP contribution in [0.2, 0.25) is 0 Å². The Labute approximate surface area is 141 Å². The summed E-state index contributed by atoms with van der Waals surface area (Å²) in [5.41, 5.74) is 0. The summed E-state index contributed by atoms with van der Waals surface area (Å²) in [6.45, 7) is 2.18. The van der Waals surface area contributed by atoms with Crippen LogP contribution in [0.25, 0.3) is 0 Å². The molecule has 2 atom stereocenters. The van der Waals surface area contributed by atoms with Crippen LogP contribution in [0.3, 0.4) is 0 Å². The fourth-order valence-corrected chi connectivity index (χ4v) is 2.34. The zero-order valence-electron chi connectivity index (χ0n) is 14.9. The van der Waals surface area contributed by atoms with Gasteiger partial charge in [-0.15, -0.1) is 0 Å². The number of hydrogen-bond donors (Lipinski definition) is 2. The molecule has 0 amide bonds. The van der Waals surface area contributed by atoms with Gasteiger partial charge in [0.1, 0.15) is 12.2 Å². The lowest BCUT2D eigenvalue weighted by Gasteiger charge is -2.05. The molecule has 0 rings (SSSR count). The number of ether oxygens (including phenoxy) is 1. The van der Waals surface area contributed by atoms with Crippen molar-refractivity contribution in [3.05, 3.63) is 0 Å². The van der Waals surface area contributed by atoms with Crippen LogP contribution in [0, 0.1) is 11.8 Å². The Morgan fingerprint density at radius 3 is 1.83 bits per heavy atom. The molecule has 0 aromatic heterocycles. The average molecular weight is 326 g/mol. The second-order valence-electron chi connectivity index (χ2n) is 6.05. The van der Waals surface area contributed by atoms with Gasteiger partial charge in [0.15, 0.2) is 0 Å². The Kier molecular flexibility index (Phi) is 15.1. The number of aliphatic hydroxyl groups is 2. The molecule has 2 N–H and O–H groups in total. The molecule has 0 aliphatic heterocycles. The summed E-state index contributed by atoms with van der Waals surface area (Å²) >= 11 is 0. The van der Waals surface area contributed by atoms with Gasteiger partial charge in [-0.25, -0.2) is 0 Å². The second-order valence-corrected chi connectivity index (χ2v) is 6.05. The first-order chi connectivity index (χ1) is 11.1. The van der Waals surface area contributed by atoms with Crippen LogP contribution in [0.1, 0.15) is 84.0 Å². The molecule has 0 aliphatic carbocycles. The number of rotatable bonds is 13. The Balaban J connectivity index is 3.57. The molecule has 0 fully saturated rings. The molecule has 0 heterocycles. The van der Waals surface area contributed by atoms with Crippen LogP contribution in [0.4, 0.5) is 0 Å². The van der Waals surface area contributed by atoms with Crippen molar-refractivity contribution in [1.82, 2.24) is 0 Å². The first-order valence-electron chi connectivity index (χ1n) is 9.04. The van der Waals surface area contributed by atoms with Gasteiger partial charge < -0.3 is 14.9 Å². The van der Waals surface area contributed by atoms with Crippen LogP contribution in [-0.4, -0.2) is 35.5 Å². The third kappa shape index (κ3) is 15.6. The van der Waals surface area contributed by atoms with Gasteiger partial charge in [0, 0.05) is 6.42 Å². The first-order valence-corrected chi connectivity index (χ1v) is 9.04. The number of unbranched alkanes of at least 4 members (excludes halogenated alkanes) is 7. The van der Waals surface area contributed by atoms with E-state index < -0.39 is 12.2 Å². The second kappa shape index (κ2) is 15.8. The van der Waals surface area contributed by atoms with E-state index in [2.05, 4.69) is 23.5 Å². The Morgan fingerprint density at radius 1 is 0.870 bits per heavy atom. The predicted octanol–water partition coefficient (Wildman–Crippen LogP) is 3.59. The van der Waals surface area contributed by atoms with Crippen molar-refractivity contribution >= 4 is 5.97 Å². The van der Waals surface area contributed by atoms with Crippen molar-refractivity contribution in [1.29, 1.82) is 0 Å². The standard InChI is InChI=1S/C19H34O4/c1-3-4-5-6-9-12-17(20)15-16-18(21)13-10-7-8-11-14-19(22)23-2/h17-18,20-21H,3-14H2,1-2H3. The van der Waals surface area contributed by atoms with Crippen LogP contribution in [0.15, 0.2) is 0 Å². The Hall–Kier alpha value is -1.05. The van der Waals surface area contributed by atoms with Gasteiger partial charge in [-0.1, -0.05) is 57.3 Å². The molecule has 134 valence electrons. The summed E-state index contributed by atoms with van der Waals surface area (Å²) in [7, 11) is 1.40. The minimum absolute atomic E-state index is 0.167. The summed E-state index contributed by atoms with van der Waals surface area (Å²) in [6, 6.07) is 0. The number of esters is 1. The number of aliphatic hydroxyl groups excluding tert-OH is 2. The highest BCUT2D eigenvalue weighted by Gasteiger charge is 2.03. The molecule has 0 aromatic carbocycles. The third-order valence-electron chi connectivity index (χ3n) is 3.83. The maximum Gasteiger partial charge on any atom is 0.305 e. The smallest absolute Gasteiger partial charge is 0.305 e. The quantitative estimate of drug-likeness (QED) is 0.308. The molecular formula is C19H34O4. The average Bonchev–Trinajstić information content (AvgIpc) is 2.55. The van der Waals surface area contributed by atoms with Crippen LogP contribution in [0.5, 0.6) is 0 Å². The van der Waals surface area contributed by atoms with Crippen molar-refractivity contribution in [2.24, 2.45) is 0 Å². The first kappa shape index (κ1) is 21.9. The summed E-state index contributed by atoms with van der Waals surface area (Å²) in [4.78, 5) is 10.9. The van der Waals surface area contributed by atoms with E-state index in [-0.39, 0.29) is 5.97 Å². The lowest BCUT2D eigenvalue weighted by Crippen LogP contribution is -2.07. The molecule has 0 bridgehead atoms. The van der Waals surface area contributed by atoms with E-state index in [4.69, 9.17) is 0 Å². The molecule has 0 radical (unpaired) electrons. The Morgan fingerprint density at radius 2 is 1.35 bits per heavy atom. The molecule has 0 saturated heterocycles. The van der Waals surface area contributed by atoms with E-state index in [0.29, 0.717) is 19.3 Å². The maximum absolute atomic E-state index is 10.9. The molecule has 4 heteroatoms. The molecule has 2 unspecified atom stereocenters. The maximum atomic E-state index is 10.9. The molecular weight excluding hydrogens is 292 g/mol. The zero-order valence-corrected chi connectivity index (χ0v) is 14.9. The summed E-state index contributed by atoms with van der Waals surface area (Å²) in [5.74, 6) is 5.31. The Bertz CT molecular complexity index is 343. The monoisotopic (exact) mass is 326 g/mol. The lowest BCUT2D eigenvalue weighted by atomic mass is 10.1. The van der Waals surface area contributed by atoms with Crippen molar-refractivity contribution in [3.63, 3.8) is 0 Å². The van der Waals surface area contributed by atoms with Gasteiger partial charge in [-0.3, -0.25) is 4.79 Å². The van der Waals surface area contributed by atoms with E-state index in [9.17, 15) is 15.0 Å². The minimum atomic E-state index is -0.662. The van der Waals surface area contributed by atoms with Crippen molar-refractivity contribution in [3.8, 4) is 11.8 Å². The molecule has 0 spiro atoms. The fraction of sp³-hybridized carbons (Fsp3) is 0.842. The van der Waals surface area contributed by atoms with Gasteiger partial charge in [0.2, 0.25) is 0 Å². The molecule has 0 aliphatic rings. The van der Waals surface area contributed by atoms with E-state index in [1.807, 2.05) is 0 Å². The minimum Gasteiger partial charge on any atom is -0.469 e. The molecule has 0 saturated carbocycles. The van der Waals surface area contributed by atoms with Crippen LogP contribution in [-0.2, 0) is 9.53 Å². The number of hydrogen-bond acceptors (Lipinski definition) is 4.